The lowest BCUT2D eigenvalue weighted by molar-refractivity contribution is 0.0996. The first kappa shape index (κ1) is 11.0. The molecule has 1 heterocycles. The maximum Gasteiger partial charge on any atom is 0.206 e. The molecule has 0 saturated carbocycles. The summed E-state index contributed by atoms with van der Waals surface area (Å²) in [6, 6.07) is 9.87. The van der Waals surface area contributed by atoms with E-state index in [0.717, 1.165) is 0 Å². The van der Waals surface area contributed by atoms with Gasteiger partial charge in [-0.3, -0.25) is 9.59 Å². The highest BCUT2D eigenvalue weighted by atomic mass is 35.5. The summed E-state index contributed by atoms with van der Waals surface area (Å²) >= 11 is 6.00. The zero-order valence-corrected chi connectivity index (χ0v) is 9.90. The Balaban J connectivity index is 2.26. The molecule has 0 radical (unpaired) electrons. The normalized spacial score (nSPS) is 14.9. The van der Waals surface area contributed by atoms with Gasteiger partial charge in [0.15, 0.2) is 5.78 Å². The van der Waals surface area contributed by atoms with Crippen LogP contribution in [0.3, 0.4) is 0 Å². The number of carbonyl (C=O) groups excluding carboxylic acids is 2. The molecule has 0 spiro atoms. The number of carbonyl (C=O) groups is 2. The summed E-state index contributed by atoms with van der Waals surface area (Å²) in [7, 11) is 0. The Morgan fingerprint density at radius 1 is 0.889 bits per heavy atom. The molecule has 0 amide bonds. The van der Waals surface area contributed by atoms with Gasteiger partial charge in [-0.1, -0.05) is 35.9 Å². The number of fused-ring (bicyclic) bond motifs is 1. The second-order valence-corrected chi connectivity index (χ2v) is 4.25. The number of furan rings is 1. The van der Waals surface area contributed by atoms with Crippen molar-refractivity contribution in [2.24, 2.45) is 0 Å². The van der Waals surface area contributed by atoms with E-state index >= 15 is 0 Å². The average Bonchev–Trinajstić information content (AvgIpc) is 2.90. The van der Waals surface area contributed by atoms with Gasteiger partial charge in [0.05, 0.1) is 11.8 Å². The van der Waals surface area contributed by atoms with Gasteiger partial charge in [-0.05, 0) is 12.1 Å². The van der Waals surface area contributed by atoms with Gasteiger partial charge >= 0.3 is 0 Å². The minimum absolute atomic E-state index is 0.0892. The summed E-state index contributed by atoms with van der Waals surface area (Å²) in [5.74, 6) is -0.323. The van der Waals surface area contributed by atoms with Crippen LogP contribution >= 0.6 is 11.6 Å². The fourth-order valence-electron chi connectivity index (χ4n) is 1.99. The van der Waals surface area contributed by atoms with E-state index in [1.165, 1.54) is 6.26 Å². The second kappa shape index (κ2) is 3.96. The van der Waals surface area contributed by atoms with Crippen LogP contribution in [0.15, 0.2) is 52.1 Å². The first-order chi connectivity index (χ1) is 8.70. The summed E-state index contributed by atoms with van der Waals surface area (Å²) in [6.45, 7) is 0. The highest BCUT2D eigenvalue weighted by Crippen LogP contribution is 2.34. The van der Waals surface area contributed by atoms with Crippen molar-refractivity contribution in [1.82, 2.24) is 0 Å². The molecule has 88 valence electrons. The van der Waals surface area contributed by atoms with Crippen LogP contribution in [0.25, 0.3) is 5.57 Å². The molecule has 0 saturated heterocycles. The number of hydrogen-bond acceptors (Lipinski definition) is 3. The average molecular weight is 259 g/mol. The standard InChI is InChI=1S/C14H7ClO3/c15-12-11(10-6-3-7-18-10)13(16)8-4-1-2-5-9(8)14(12)17/h1-7H. The highest BCUT2D eigenvalue weighted by Gasteiger charge is 2.32. The van der Waals surface area contributed by atoms with Crippen LogP contribution in [0.5, 0.6) is 0 Å². The monoisotopic (exact) mass is 258 g/mol. The van der Waals surface area contributed by atoms with Gasteiger partial charge < -0.3 is 4.42 Å². The Hall–Kier alpha value is -2.13. The lowest BCUT2D eigenvalue weighted by Crippen LogP contribution is -2.18. The van der Waals surface area contributed by atoms with Crippen molar-refractivity contribution in [2.75, 3.05) is 0 Å². The van der Waals surface area contributed by atoms with E-state index in [9.17, 15) is 9.59 Å². The topological polar surface area (TPSA) is 47.3 Å². The Kier molecular flexibility index (Phi) is 2.42. The number of allylic oxidation sites excluding steroid dienone is 2. The third-order valence-corrected chi connectivity index (χ3v) is 3.19. The van der Waals surface area contributed by atoms with Crippen molar-refractivity contribution in [3.63, 3.8) is 0 Å². The molecule has 0 bridgehead atoms. The first-order valence-corrected chi connectivity index (χ1v) is 5.70. The third-order valence-electron chi connectivity index (χ3n) is 2.83. The molecule has 18 heavy (non-hydrogen) atoms. The molecule has 1 aromatic heterocycles. The molecular weight excluding hydrogens is 252 g/mol. The van der Waals surface area contributed by atoms with E-state index in [2.05, 4.69) is 0 Å². The highest BCUT2D eigenvalue weighted by molar-refractivity contribution is 6.56. The minimum Gasteiger partial charge on any atom is -0.464 e. The van der Waals surface area contributed by atoms with Crippen LogP contribution < -0.4 is 0 Å². The van der Waals surface area contributed by atoms with Crippen molar-refractivity contribution >= 4 is 28.7 Å². The summed E-state index contributed by atoms with van der Waals surface area (Å²) in [5.41, 5.74) is 0.825. The molecule has 2 aromatic rings. The third kappa shape index (κ3) is 1.45. The second-order valence-electron chi connectivity index (χ2n) is 3.87. The van der Waals surface area contributed by atoms with Crippen LogP contribution in [0.4, 0.5) is 0 Å². The maximum atomic E-state index is 12.3. The van der Waals surface area contributed by atoms with E-state index in [1.54, 1.807) is 36.4 Å². The first-order valence-electron chi connectivity index (χ1n) is 5.32. The summed E-state index contributed by atoms with van der Waals surface area (Å²) < 4.78 is 5.16. The van der Waals surface area contributed by atoms with Crippen LogP contribution in [-0.4, -0.2) is 11.6 Å². The molecule has 4 heteroatoms. The zero-order chi connectivity index (χ0) is 12.7. The molecule has 3 nitrogen and oxygen atoms in total. The van der Waals surface area contributed by atoms with Crippen molar-refractivity contribution in [3.8, 4) is 0 Å². The lowest BCUT2D eigenvalue weighted by atomic mass is 9.88. The van der Waals surface area contributed by atoms with E-state index < -0.39 is 0 Å². The number of Topliss-reactive ketones (excluding diaryl/α,β-unsaturated/α-hetero) is 2. The molecule has 1 aromatic carbocycles. The predicted octanol–water partition coefficient (Wildman–Crippen LogP) is 3.31. The molecule has 0 atom stereocenters. The van der Waals surface area contributed by atoms with E-state index in [-0.39, 0.29) is 22.2 Å². The van der Waals surface area contributed by atoms with E-state index in [4.69, 9.17) is 16.0 Å². The lowest BCUT2D eigenvalue weighted by Gasteiger charge is -2.15. The Morgan fingerprint density at radius 3 is 2.17 bits per heavy atom. The molecule has 3 rings (SSSR count). The largest absolute Gasteiger partial charge is 0.464 e. The number of halogens is 1. The number of ketones is 2. The van der Waals surface area contributed by atoms with Gasteiger partial charge in [-0.2, -0.15) is 0 Å². The summed E-state index contributed by atoms with van der Waals surface area (Å²) in [6.07, 6.45) is 1.44. The SMILES string of the molecule is O=C1C(Cl)=C(c2ccco2)C(=O)c2ccccc21. The van der Waals surface area contributed by atoms with Crippen molar-refractivity contribution in [2.45, 2.75) is 0 Å². The van der Waals surface area contributed by atoms with Gasteiger partial charge in [0.25, 0.3) is 0 Å². The van der Waals surface area contributed by atoms with Crippen LogP contribution in [0.1, 0.15) is 26.5 Å². The molecule has 0 unspecified atom stereocenters. The smallest absolute Gasteiger partial charge is 0.206 e. The van der Waals surface area contributed by atoms with Crippen molar-refractivity contribution in [3.05, 3.63) is 64.6 Å². The summed E-state index contributed by atoms with van der Waals surface area (Å²) in [4.78, 5) is 24.4. The molecule has 0 fully saturated rings. The molecule has 1 aliphatic rings. The minimum atomic E-state index is -0.349. The van der Waals surface area contributed by atoms with Gasteiger partial charge in [-0.15, -0.1) is 0 Å². The van der Waals surface area contributed by atoms with Gasteiger partial charge in [-0.25, -0.2) is 0 Å². The maximum absolute atomic E-state index is 12.3. The van der Waals surface area contributed by atoms with Gasteiger partial charge in [0.1, 0.15) is 10.8 Å². The molecular formula is C14H7ClO3. The fourth-order valence-corrected chi connectivity index (χ4v) is 2.27. The van der Waals surface area contributed by atoms with Crippen LogP contribution in [0.2, 0.25) is 0 Å². The Labute approximate surface area is 108 Å². The van der Waals surface area contributed by atoms with Gasteiger partial charge in [0, 0.05) is 11.1 Å². The zero-order valence-electron chi connectivity index (χ0n) is 9.14. The predicted molar refractivity (Wildman–Crippen MR) is 66.6 cm³/mol. The van der Waals surface area contributed by atoms with E-state index in [1.807, 2.05) is 0 Å². The van der Waals surface area contributed by atoms with Crippen molar-refractivity contribution in [1.29, 1.82) is 0 Å². The van der Waals surface area contributed by atoms with Crippen LogP contribution in [0, 0.1) is 0 Å². The van der Waals surface area contributed by atoms with Crippen LogP contribution in [-0.2, 0) is 0 Å². The number of benzene rings is 1. The van der Waals surface area contributed by atoms with Gasteiger partial charge in [0.2, 0.25) is 5.78 Å². The summed E-state index contributed by atoms with van der Waals surface area (Å²) in [5, 5.41) is -0.0892. The quantitative estimate of drug-likeness (QED) is 0.788. The number of rotatable bonds is 1. The Bertz CT molecular complexity index is 681. The van der Waals surface area contributed by atoms with E-state index in [0.29, 0.717) is 16.9 Å². The molecule has 0 aliphatic heterocycles. The molecule has 1 aliphatic carbocycles. The molecule has 0 N–H and O–H groups in total. The van der Waals surface area contributed by atoms with Crippen molar-refractivity contribution < 1.29 is 14.0 Å². The fraction of sp³-hybridized carbons (Fsp3) is 0. The Morgan fingerprint density at radius 2 is 1.56 bits per heavy atom. The number of hydrogen-bond donors (Lipinski definition) is 0.